The second-order valence-corrected chi connectivity index (χ2v) is 10.8. The average molecular weight is 561 g/mol. The van der Waals surface area contributed by atoms with Gasteiger partial charge in [0.05, 0.1) is 29.8 Å². The predicted octanol–water partition coefficient (Wildman–Crippen LogP) is 5.17. The summed E-state index contributed by atoms with van der Waals surface area (Å²) in [5.74, 6) is -0.0788. The van der Waals surface area contributed by atoms with Gasteiger partial charge in [0.2, 0.25) is 0 Å². The number of ether oxygens (including phenoxy) is 3. The summed E-state index contributed by atoms with van der Waals surface area (Å²) in [5.41, 5.74) is 0.825. The zero-order chi connectivity index (χ0) is 26.6. The first kappa shape index (κ1) is 26.3. The van der Waals surface area contributed by atoms with Crippen molar-refractivity contribution in [2.24, 2.45) is 0 Å². The van der Waals surface area contributed by atoms with E-state index in [1.807, 2.05) is 0 Å². The predicted molar refractivity (Wildman–Crippen MR) is 143 cm³/mol. The number of benzene rings is 3. The standard InChI is InChI=1S/C25H21ClN2O7S2/c1-33-21-9-3-17(13-20(21)26)28-37(31,32)19-7-5-18(6-8-19)35-14-24(29)27-16-4-10-22-15(11-16)12-23(36-22)25(30)34-2/h3-13,28H,14H2,1-2H3,(H,27,29). The van der Waals surface area contributed by atoms with Gasteiger partial charge in [-0.2, -0.15) is 0 Å². The maximum Gasteiger partial charge on any atom is 0.348 e. The van der Waals surface area contributed by atoms with Crippen LogP contribution in [0.25, 0.3) is 10.1 Å². The Morgan fingerprint density at radius 2 is 1.68 bits per heavy atom. The lowest BCUT2D eigenvalue weighted by atomic mass is 10.2. The Hall–Kier alpha value is -3.80. The Balaban J connectivity index is 1.34. The molecule has 9 nitrogen and oxygen atoms in total. The first-order valence-electron chi connectivity index (χ1n) is 10.7. The SMILES string of the molecule is COC(=O)c1cc2cc(NC(=O)COc3ccc(S(=O)(=O)Nc4ccc(OC)c(Cl)c4)cc3)ccc2s1. The van der Waals surface area contributed by atoms with E-state index in [4.69, 9.17) is 25.8 Å². The van der Waals surface area contributed by atoms with Gasteiger partial charge < -0.3 is 19.5 Å². The molecule has 0 aliphatic heterocycles. The Kier molecular flexibility index (Phi) is 7.86. The third kappa shape index (κ3) is 6.31. The Labute approximate surface area is 222 Å². The first-order valence-corrected chi connectivity index (χ1v) is 13.4. The third-order valence-corrected chi connectivity index (χ3v) is 7.88. The van der Waals surface area contributed by atoms with E-state index in [2.05, 4.69) is 10.0 Å². The van der Waals surface area contributed by atoms with Crippen molar-refractivity contribution in [3.63, 3.8) is 0 Å². The topological polar surface area (TPSA) is 120 Å². The second-order valence-electron chi connectivity index (χ2n) is 7.62. The van der Waals surface area contributed by atoms with Crippen LogP contribution in [0.3, 0.4) is 0 Å². The number of carbonyl (C=O) groups is 2. The van der Waals surface area contributed by atoms with Crippen LogP contribution in [-0.2, 0) is 19.6 Å². The number of amides is 1. The van der Waals surface area contributed by atoms with Crippen molar-refractivity contribution in [3.8, 4) is 11.5 Å². The normalized spacial score (nSPS) is 11.1. The lowest BCUT2D eigenvalue weighted by molar-refractivity contribution is -0.118. The molecule has 192 valence electrons. The molecule has 0 saturated carbocycles. The van der Waals surface area contributed by atoms with E-state index in [0.717, 1.165) is 10.1 Å². The van der Waals surface area contributed by atoms with Crippen molar-refractivity contribution in [1.29, 1.82) is 0 Å². The molecule has 2 N–H and O–H groups in total. The van der Waals surface area contributed by atoms with E-state index >= 15 is 0 Å². The van der Waals surface area contributed by atoms with E-state index < -0.39 is 21.9 Å². The summed E-state index contributed by atoms with van der Waals surface area (Å²) in [6.45, 7) is -0.288. The van der Waals surface area contributed by atoms with Crippen molar-refractivity contribution < 1.29 is 32.2 Å². The van der Waals surface area contributed by atoms with Crippen LogP contribution in [0.4, 0.5) is 11.4 Å². The number of hydrogen-bond acceptors (Lipinski definition) is 8. The Bertz CT molecular complexity index is 1570. The number of thiophene rings is 1. The van der Waals surface area contributed by atoms with Crippen LogP contribution in [0.2, 0.25) is 5.02 Å². The van der Waals surface area contributed by atoms with Gasteiger partial charge in [-0.15, -0.1) is 11.3 Å². The maximum atomic E-state index is 12.7. The molecule has 4 aromatic rings. The zero-order valence-electron chi connectivity index (χ0n) is 19.6. The summed E-state index contributed by atoms with van der Waals surface area (Å²) in [4.78, 5) is 24.5. The van der Waals surface area contributed by atoms with Gasteiger partial charge in [-0.3, -0.25) is 9.52 Å². The van der Waals surface area contributed by atoms with Gasteiger partial charge in [-0.25, -0.2) is 13.2 Å². The fraction of sp³-hybridized carbons (Fsp3) is 0.120. The molecule has 4 rings (SSSR count). The van der Waals surface area contributed by atoms with Gasteiger partial charge >= 0.3 is 5.97 Å². The molecule has 37 heavy (non-hydrogen) atoms. The molecule has 0 unspecified atom stereocenters. The highest BCUT2D eigenvalue weighted by Crippen LogP contribution is 2.30. The van der Waals surface area contributed by atoms with E-state index in [1.165, 1.54) is 62.0 Å². The summed E-state index contributed by atoms with van der Waals surface area (Å²) >= 11 is 7.35. The number of nitrogens with one attached hydrogen (secondary N) is 2. The number of carbonyl (C=O) groups excluding carboxylic acids is 2. The number of anilines is 2. The fourth-order valence-corrected chi connectivity index (χ4v) is 5.60. The van der Waals surface area contributed by atoms with Crippen molar-refractivity contribution in [2.45, 2.75) is 4.90 Å². The third-order valence-electron chi connectivity index (χ3n) is 5.09. The molecular formula is C25H21ClN2O7S2. The lowest BCUT2D eigenvalue weighted by Crippen LogP contribution is -2.20. The van der Waals surface area contributed by atoms with Crippen LogP contribution in [0.5, 0.6) is 11.5 Å². The maximum absolute atomic E-state index is 12.7. The molecule has 1 aromatic heterocycles. The molecule has 1 heterocycles. The summed E-state index contributed by atoms with van der Waals surface area (Å²) in [6.07, 6.45) is 0. The minimum atomic E-state index is -3.87. The number of fused-ring (bicyclic) bond motifs is 1. The van der Waals surface area contributed by atoms with Gasteiger partial charge in [0.15, 0.2) is 6.61 Å². The summed E-state index contributed by atoms with van der Waals surface area (Å²) < 4.78 is 44.0. The molecule has 3 aromatic carbocycles. The molecular weight excluding hydrogens is 540 g/mol. The molecule has 12 heteroatoms. The first-order chi connectivity index (χ1) is 17.7. The lowest BCUT2D eigenvalue weighted by Gasteiger charge is -2.11. The van der Waals surface area contributed by atoms with Gasteiger partial charge in [-0.1, -0.05) is 11.6 Å². The molecule has 0 radical (unpaired) electrons. The minimum Gasteiger partial charge on any atom is -0.495 e. The fourth-order valence-electron chi connectivity index (χ4n) is 3.33. The highest BCUT2D eigenvalue weighted by Gasteiger charge is 2.16. The largest absolute Gasteiger partial charge is 0.495 e. The van der Waals surface area contributed by atoms with Gasteiger partial charge in [0.1, 0.15) is 16.4 Å². The Morgan fingerprint density at radius 3 is 2.35 bits per heavy atom. The van der Waals surface area contributed by atoms with Crippen LogP contribution >= 0.6 is 22.9 Å². The van der Waals surface area contributed by atoms with E-state index in [0.29, 0.717) is 22.1 Å². The van der Waals surface area contributed by atoms with Gasteiger partial charge in [0.25, 0.3) is 15.9 Å². The molecule has 0 atom stereocenters. The zero-order valence-corrected chi connectivity index (χ0v) is 22.0. The number of esters is 1. The molecule has 0 aliphatic carbocycles. The van der Waals surface area contributed by atoms with Crippen LogP contribution < -0.4 is 19.5 Å². The number of halogens is 1. The number of rotatable bonds is 9. The molecule has 0 spiro atoms. The molecule has 1 amide bonds. The monoisotopic (exact) mass is 560 g/mol. The summed E-state index contributed by atoms with van der Waals surface area (Å²) in [7, 11) is -1.09. The number of sulfonamides is 1. The molecule has 0 bridgehead atoms. The van der Waals surface area contributed by atoms with Crippen LogP contribution in [0.1, 0.15) is 9.67 Å². The average Bonchev–Trinajstić information content (AvgIpc) is 3.31. The van der Waals surface area contributed by atoms with E-state index in [-0.39, 0.29) is 22.2 Å². The number of methoxy groups -OCH3 is 2. The van der Waals surface area contributed by atoms with Crippen molar-refractivity contribution in [3.05, 3.63) is 76.6 Å². The highest BCUT2D eigenvalue weighted by atomic mass is 35.5. The Morgan fingerprint density at radius 1 is 0.946 bits per heavy atom. The van der Waals surface area contributed by atoms with Crippen LogP contribution in [0.15, 0.2) is 71.6 Å². The van der Waals surface area contributed by atoms with Gasteiger partial charge in [-0.05, 0) is 72.1 Å². The van der Waals surface area contributed by atoms with Crippen LogP contribution in [-0.4, -0.2) is 41.1 Å². The van der Waals surface area contributed by atoms with Crippen molar-refractivity contribution in [2.75, 3.05) is 30.9 Å². The summed E-state index contributed by atoms with van der Waals surface area (Å²) in [5, 5.41) is 3.80. The smallest absolute Gasteiger partial charge is 0.348 e. The molecule has 0 aliphatic rings. The van der Waals surface area contributed by atoms with Gasteiger partial charge in [0, 0.05) is 10.4 Å². The number of hydrogen-bond donors (Lipinski definition) is 2. The van der Waals surface area contributed by atoms with Crippen molar-refractivity contribution >= 4 is 66.3 Å². The van der Waals surface area contributed by atoms with E-state index in [9.17, 15) is 18.0 Å². The summed E-state index contributed by atoms with van der Waals surface area (Å²) in [6, 6.07) is 17.1. The second kappa shape index (κ2) is 11.1. The van der Waals surface area contributed by atoms with Crippen molar-refractivity contribution in [1.82, 2.24) is 0 Å². The quantitative estimate of drug-likeness (QED) is 0.271. The van der Waals surface area contributed by atoms with Crippen LogP contribution in [0, 0.1) is 0 Å². The van der Waals surface area contributed by atoms with E-state index in [1.54, 1.807) is 30.3 Å². The molecule has 0 fully saturated rings. The minimum absolute atomic E-state index is 0.00614. The molecule has 0 saturated heterocycles. The highest BCUT2D eigenvalue weighted by molar-refractivity contribution is 7.92.